The maximum absolute atomic E-state index is 14.3. The number of nitrogens with one attached hydrogen (secondary N) is 1. The molecular weight excluding hydrogens is 399 g/mol. The van der Waals surface area contributed by atoms with Gasteiger partial charge in [-0.3, -0.25) is 4.98 Å². The van der Waals surface area contributed by atoms with E-state index in [1.165, 1.54) is 30.5 Å². The van der Waals surface area contributed by atoms with E-state index in [0.717, 1.165) is 37.2 Å². The van der Waals surface area contributed by atoms with E-state index in [4.69, 9.17) is 4.98 Å². The Bertz CT molecular complexity index is 1050. The highest BCUT2D eigenvalue weighted by atomic mass is 32.2. The van der Waals surface area contributed by atoms with Crippen molar-refractivity contribution in [1.82, 2.24) is 19.9 Å². The van der Waals surface area contributed by atoms with E-state index in [1.807, 2.05) is 30.8 Å². The zero-order chi connectivity index (χ0) is 20.7. The highest BCUT2D eigenvalue weighted by Gasteiger charge is 2.37. The molecule has 0 atom stereocenters. The first-order valence-corrected chi connectivity index (χ1v) is 11.8. The predicted octanol–water partition coefficient (Wildman–Crippen LogP) is 4.25. The predicted molar refractivity (Wildman–Crippen MR) is 119 cm³/mol. The summed E-state index contributed by atoms with van der Waals surface area (Å²) in [4.78, 5) is 14.4. The van der Waals surface area contributed by atoms with Gasteiger partial charge in [-0.05, 0) is 56.2 Å². The first-order chi connectivity index (χ1) is 14.5. The van der Waals surface area contributed by atoms with Crippen molar-refractivity contribution in [3.63, 3.8) is 0 Å². The van der Waals surface area contributed by atoms with Gasteiger partial charge in [-0.25, -0.2) is 9.37 Å². The van der Waals surface area contributed by atoms with Crippen LogP contribution in [0.2, 0.25) is 0 Å². The van der Waals surface area contributed by atoms with Crippen molar-refractivity contribution in [2.45, 2.75) is 44.2 Å². The Morgan fingerprint density at radius 2 is 1.97 bits per heavy atom. The quantitative estimate of drug-likeness (QED) is 0.655. The number of thioether (sulfide) groups is 1. The van der Waals surface area contributed by atoms with Gasteiger partial charge < -0.3 is 15.0 Å². The fourth-order valence-corrected chi connectivity index (χ4v) is 6.09. The van der Waals surface area contributed by atoms with Crippen molar-refractivity contribution in [3.8, 4) is 11.3 Å². The molecule has 0 aliphatic carbocycles. The number of likely N-dealkylation sites (tertiary alicyclic amines) is 1. The lowest BCUT2D eigenvalue weighted by atomic mass is 9.82. The molecule has 0 unspecified atom stereocenters. The second-order valence-corrected chi connectivity index (χ2v) is 9.68. The van der Waals surface area contributed by atoms with Crippen LogP contribution in [0.25, 0.3) is 22.3 Å². The second kappa shape index (κ2) is 7.94. The number of halogens is 1. The average Bonchev–Trinajstić information content (AvgIpc) is 3.16. The summed E-state index contributed by atoms with van der Waals surface area (Å²) in [6.45, 7) is 3.78. The van der Waals surface area contributed by atoms with Gasteiger partial charge in [-0.15, -0.1) is 0 Å². The van der Waals surface area contributed by atoms with Crippen molar-refractivity contribution in [1.29, 1.82) is 0 Å². The second-order valence-electron chi connectivity index (χ2n) is 8.46. The van der Waals surface area contributed by atoms with Gasteiger partial charge in [-0.2, -0.15) is 11.8 Å². The molecule has 5 nitrogen and oxygen atoms in total. The van der Waals surface area contributed by atoms with Gasteiger partial charge in [0, 0.05) is 48.3 Å². The minimum Gasteiger partial charge on any atom is -0.385 e. The van der Waals surface area contributed by atoms with E-state index < -0.39 is 5.60 Å². The molecule has 2 aliphatic rings. The summed E-state index contributed by atoms with van der Waals surface area (Å²) in [6, 6.07) is 6.33. The highest BCUT2D eigenvalue weighted by Crippen LogP contribution is 2.37. The van der Waals surface area contributed by atoms with Gasteiger partial charge in [-0.1, -0.05) is 6.07 Å². The van der Waals surface area contributed by atoms with Crippen molar-refractivity contribution < 1.29 is 9.50 Å². The Kier molecular flexibility index (Phi) is 5.29. The van der Waals surface area contributed by atoms with E-state index in [2.05, 4.69) is 14.9 Å². The van der Waals surface area contributed by atoms with Crippen LogP contribution in [-0.4, -0.2) is 55.6 Å². The molecule has 2 N–H and O–H groups in total. The highest BCUT2D eigenvalue weighted by molar-refractivity contribution is 7.99. The molecule has 158 valence electrons. The molecule has 0 saturated carbocycles. The standard InChI is InChI=1S/C23H27FN4OS/c1-15-18(23(29)7-10-28(11-8-23)16-5-12-30-13-6-16)2-3-20(27-15)17-4-9-25-22-21(17)19(24)14-26-22/h2-4,9,14,16,29H,5-8,10-13H2,1H3,(H,25,26). The Balaban J connectivity index is 1.39. The number of aromatic nitrogens is 3. The molecule has 5 heterocycles. The van der Waals surface area contributed by atoms with Crippen molar-refractivity contribution in [3.05, 3.63) is 47.7 Å². The Morgan fingerprint density at radius 1 is 1.20 bits per heavy atom. The number of fused-ring (bicyclic) bond motifs is 1. The number of aliphatic hydroxyl groups is 1. The van der Waals surface area contributed by atoms with E-state index in [9.17, 15) is 9.50 Å². The van der Waals surface area contributed by atoms with Crippen LogP contribution in [0, 0.1) is 12.7 Å². The van der Waals surface area contributed by atoms with Crippen LogP contribution in [0.1, 0.15) is 36.9 Å². The van der Waals surface area contributed by atoms with E-state index >= 15 is 0 Å². The first-order valence-electron chi connectivity index (χ1n) is 10.7. The number of pyridine rings is 2. The lowest BCUT2D eigenvalue weighted by molar-refractivity contribution is -0.0371. The van der Waals surface area contributed by atoms with Crippen LogP contribution in [0.4, 0.5) is 4.39 Å². The fraction of sp³-hybridized carbons (Fsp3) is 0.478. The third kappa shape index (κ3) is 3.53. The summed E-state index contributed by atoms with van der Waals surface area (Å²) in [5, 5.41) is 11.9. The molecule has 3 aromatic rings. The van der Waals surface area contributed by atoms with Crippen molar-refractivity contribution >= 4 is 22.8 Å². The van der Waals surface area contributed by atoms with Crippen molar-refractivity contribution in [2.75, 3.05) is 24.6 Å². The number of H-pyrrole nitrogens is 1. The Morgan fingerprint density at radius 3 is 2.70 bits per heavy atom. The van der Waals surface area contributed by atoms with E-state index in [0.29, 0.717) is 28.3 Å². The molecule has 0 aromatic carbocycles. The number of hydrogen-bond donors (Lipinski definition) is 2. The summed E-state index contributed by atoms with van der Waals surface area (Å²) in [5.74, 6) is 2.17. The molecule has 2 fully saturated rings. The van der Waals surface area contributed by atoms with Gasteiger partial charge in [0.1, 0.15) is 5.65 Å². The maximum Gasteiger partial charge on any atom is 0.150 e. The third-order valence-corrected chi connectivity index (χ3v) is 7.77. The summed E-state index contributed by atoms with van der Waals surface area (Å²) in [6.07, 6.45) is 6.95. The molecule has 0 amide bonds. The third-order valence-electron chi connectivity index (χ3n) is 6.72. The minimum atomic E-state index is -0.845. The first kappa shape index (κ1) is 20.0. The van der Waals surface area contributed by atoms with Crippen LogP contribution in [0.15, 0.2) is 30.6 Å². The monoisotopic (exact) mass is 426 g/mol. The van der Waals surface area contributed by atoms with Crippen LogP contribution in [0.5, 0.6) is 0 Å². The molecular formula is C23H27FN4OS. The summed E-state index contributed by atoms with van der Waals surface area (Å²) in [5.41, 5.74) is 2.78. The summed E-state index contributed by atoms with van der Waals surface area (Å²) < 4.78 is 14.3. The number of nitrogens with zero attached hydrogens (tertiary/aromatic N) is 3. The van der Waals surface area contributed by atoms with E-state index in [-0.39, 0.29) is 5.82 Å². The number of aryl methyl sites for hydroxylation is 1. The van der Waals surface area contributed by atoms with Gasteiger partial charge in [0.15, 0.2) is 5.82 Å². The van der Waals surface area contributed by atoms with Gasteiger partial charge in [0.25, 0.3) is 0 Å². The molecule has 30 heavy (non-hydrogen) atoms. The topological polar surface area (TPSA) is 65.0 Å². The average molecular weight is 427 g/mol. The van der Waals surface area contributed by atoms with Crippen molar-refractivity contribution in [2.24, 2.45) is 0 Å². The molecule has 2 saturated heterocycles. The molecule has 0 spiro atoms. The normalized spacial score (nSPS) is 20.6. The van der Waals surface area contributed by atoms with Gasteiger partial charge in [0.2, 0.25) is 0 Å². The summed E-state index contributed by atoms with van der Waals surface area (Å²) >= 11 is 2.05. The molecule has 3 aromatic heterocycles. The fourth-order valence-electron chi connectivity index (χ4n) is 5.01. The molecule has 0 radical (unpaired) electrons. The van der Waals surface area contributed by atoms with Gasteiger partial charge >= 0.3 is 0 Å². The van der Waals surface area contributed by atoms with Crippen LogP contribution in [-0.2, 0) is 5.60 Å². The molecule has 5 rings (SSSR count). The zero-order valence-electron chi connectivity index (χ0n) is 17.2. The number of aromatic amines is 1. The molecule has 2 aliphatic heterocycles. The zero-order valence-corrected chi connectivity index (χ0v) is 18.0. The maximum atomic E-state index is 14.3. The molecule has 0 bridgehead atoms. The van der Waals surface area contributed by atoms with Crippen LogP contribution in [0.3, 0.4) is 0 Å². The number of rotatable bonds is 3. The van der Waals surface area contributed by atoms with Crippen LogP contribution >= 0.6 is 11.8 Å². The number of hydrogen-bond acceptors (Lipinski definition) is 5. The summed E-state index contributed by atoms with van der Waals surface area (Å²) in [7, 11) is 0. The Labute approximate surface area is 180 Å². The SMILES string of the molecule is Cc1nc(-c2ccnc3[nH]cc(F)c23)ccc1C1(O)CCN(C2CCSCC2)CC1. The number of piperidine rings is 1. The molecule has 7 heteroatoms. The lowest BCUT2D eigenvalue weighted by Crippen LogP contribution is -2.48. The largest absolute Gasteiger partial charge is 0.385 e. The lowest BCUT2D eigenvalue weighted by Gasteiger charge is -2.43. The smallest absolute Gasteiger partial charge is 0.150 e. The minimum absolute atomic E-state index is 0.330. The Hall–Kier alpha value is -1.96. The van der Waals surface area contributed by atoms with E-state index in [1.54, 1.807) is 12.3 Å². The van der Waals surface area contributed by atoms with Gasteiger partial charge in [0.05, 0.1) is 16.7 Å². The van der Waals surface area contributed by atoms with Crippen LogP contribution < -0.4 is 0 Å².